The van der Waals surface area contributed by atoms with Gasteiger partial charge in [-0.25, -0.2) is 9.83 Å². The molecule has 1 unspecified atom stereocenters. The molecule has 7 heteroatoms. The maximum atomic E-state index is 13.2. The Hall–Kier alpha value is -4.15. The number of hydrogen-bond donors (Lipinski definition) is 0. The molecule has 1 saturated heterocycles. The fraction of sp³-hybridized carbons (Fsp3) is 0.276. The Morgan fingerprint density at radius 3 is 2.72 bits per heavy atom. The van der Waals surface area contributed by atoms with Crippen molar-refractivity contribution < 1.29 is 4.79 Å². The van der Waals surface area contributed by atoms with E-state index in [2.05, 4.69) is 68.4 Å². The van der Waals surface area contributed by atoms with Crippen LogP contribution in [0.15, 0.2) is 67.1 Å². The van der Waals surface area contributed by atoms with Crippen molar-refractivity contribution in [3.05, 3.63) is 84.1 Å². The highest BCUT2D eigenvalue weighted by atomic mass is 16.2. The lowest BCUT2D eigenvalue weighted by molar-refractivity contribution is -0.120. The van der Waals surface area contributed by atoms with E-state index in [4.69, 9.17) is 6.57 Å². The van der Waals surface area contributed by atoms with Gasteiger partial charge in [-0.05, 0) is 68.9 Å². The molecule has 36 heavy (non-hydrogen) atoms. The van der Waals surface area contributed by atoms with Gasteiger partial charge in [-0.1, -0.05) is 24.3 Å². The highest BCUT2D eigenvalue weighted by Crippen LogP contribution is 2.36. The zero-order valence-corrected chi connectivity index (χ0v) is 20.6. The first-order chi connectivity index (χ1) is 17.5. The summed E-state index contributed by atoms with van der Waals surface area (Å²) in [6.45, 7) is 9.59. The molecule has 0 saturated carbocycles. The first kappa shape index (κ1) is 22.3. The van der Waals surface area contributed by atoms with Crippen molar-refractivity contribution in [3.63, 3.8) is 0 Å². The molecular weight excluding hydrogens is 448 g/mol. The van der Waals surface area contributed by atoms with Crippen molar-refractivity contribution in [2.24, 2.45) is 5.92 Å². The highest BCUT2D eigenvalue weighted by Gasteiger charge is 2.33. The zero-order chi connectivity index (χ0) is 24.8. The second-order valence-electron chi connectivity index (χ2n) is 9.90. The van der Waals surface area contributed by atoms with E-state index < -0.39 is 0 Å². The zero-order valence-electron chi connectivity index (χ0n) is 20.6. The monoisotopic (exact) mass is 476 g/mol. The number of nitrogens with zero attached hydrogens (tertiary/aromatic N) is 6. The predicted octanol–water partition coefficient (Wildman–Crippen LogP) is 5.22. The third-order valence-corrected chi connectivity index (χ3v) is 7.31. The normalized spacial score (nSPS) is 16.4. The summed E-state index contributed by atoms with van der Waals surface area (Å²) in [4.78, 5) is 25.5. The fourth-order valence-corrected chi connectivity index (χ4v) is 5.36. The lowest BCUT2D eigenvalue weighted by Crippen LogP contribution is -2.28. The van der Waals surface area contributed by atoms with Gasteiger partial charge in [0.25, 0.3) is 0 Å². The van der Waals surface area contributed by atoms with Gasteiger partial charge < -0.3 is 14.4 Å². The summed E-state index contributed by atoms with van der Waals surface area (Å²) in [6.07, 6.45) is 7.80. The van der Waals surface area contributed by atoms with E-state index in [0.29, 0.717) is 12.2 Å². The molecule has 2 aliphatic rings. The summed E-state index contributed by atoms with van der Waals surface area (Å²) < 4.78 is 4.37. The Morgan fingerprint density at radius 1 is 1.11 bits per heavy atom. The maximum Gasteiger partial charge on any atom is 0.230 e. The van der Waals surface area contributed by atoms with Crippen molar-refractivity contribution in [3.8, 4) is 28.3 Å². The van der Waals surface area contributed by atoms with Crippen LogP contribution in [-0.2, 0) is 11.3 Å². The number of imidazole rings is 1. The minimum atomic E-state index is 0.0966. The average Bonchev–Trinajstić information content (AvgIpc) is 3.60. The van der Waals surface area contributed by atoms with Crippen molar-refractivity contribution in [2.45, 2.75) is 19.4 Å². The van der Waals surface area contributed by atoms with Crippen LogP contribution in [0.2, 0.25) is 0 Å². The van der Waals surface area contributed by atoms with Crippen LogP contribution >= 0.6 is 0 Å². The summed E-state index contributed by atoms with van der Waals surface area (Å²) >= 11 is 0. The smallest absolute Gasteiger partial charge is 0.230 e. The van der Waals surface area contributed by atoms with Crippen molar-refractivity contribution in [1.82, 2.24) is 19.0 Å². The van der Waals surface area contributed by atoms with Crippen LogP contribution in [0.3, 0.4) is 0 Å². The molecule has 0 N–H and O–H groups in total. The van der Waals surface area contributed by atoms with Gasteiger partial charge in [-0.15, -0.1) is 0 Å². The maximum absolute atomic E-state index is 13.2. The van der Waals surface area contributed by atoms with Gasteiger partial charge in [0, 0.05) is 48.8 Å². The number of aromatic nitrogens is 3. The van der Waals surface area contributed by atoms with Gasteiger partial charge in [0.15, 0.2) is 11.5 Å². The molecule has 6 rings (SSSR count). The fourth-order valence-electron chi connectivity index (χ4n) is 5.36. The summed E-state index contributed by atoms with van der Waals surface area (Å²) in [7, 11) is 4.11. The Bertz CT molecular complexity index is 1490. The van der Waals surface area contributed by atoms with Gasteiger partial charge in [0.1, 0.15) is 0 Å². The van der Waals surface area contributed by atoms with Gasteiger partial charge in [0.05, 0.1) is 18.0 Å². The van der Waals surface area contributed by atoms with E-state index in [1.54, 1.807) is 0 Å². The van der Waals surface area contributed by atoms with E-state index in [1.807, 2.05) is 41.6 Å². The molecule has 0 spiro atoms. The standard InChI is InChI=1S/C29H28N6O/c1-30-24-6-4-20(5-7-24)22-17-27-28-31-12-15-35(28)26-9-8-25(16-23(26)19-33(27)18-22)34-14-11-21(29(34)36)10-13-32(2)3/h4-9,12,15-18,21H,10-11,13-14,19H2,2-3H3. The molecule has 1 atom stereocenters. The molecular formula is C29H28N6O. The van der Waals surface area contributed by atoms with E-state index >= 15 is 0 Å². The second-order valence-corrected chi connectivity index (χ2v) is 9.90. The largest absolute Gasteiger partial charge is 0.340 e. The summed E-state index contributed by atoms with van der Waals surface area (Å²) in [5.74, 6) is 1.23. The average molecular weight is 477 g/mol. The quantitative estimate of drug-likeness (QED) is 0.327. The van der Waals surface area contributed by atoms with E-state index in [1.165, 1.54) is 0 Å². The Labute approximate surface area is 211 Å². The third kappa shape index (κ3) is 3.80. The minimum Gasteiger partial charge on any atom is -0.340 e. The number of fused-ring (bicyclic) bond motifs is 5. The van der Waals surface area contributed by atoms with E-state index in [9.17, 15) is 4.79 Å². The topological polar surface area (TPSA) is 50.7 Å². The van der Waals surface area contributed by atoms with Crippen LogP contribution in [0.4, 0.5) is 11.4 Å². The van der Waals surface area contributed by atoms with Crippen LogP contribution < -0.4 is 4.90 Å². The van der Waals surface area contributed by atoms with Crippen LogP contribution in [0.1, 0.15) is 18.4 Å². The molecule has 0 aliphatic carbocycles. The molecule has 180 valence electrons. The molecule has 1 amide bonds. The first-order valence-corrected chi connectivity index (χ1v) is 12.3. The van der Waals surface area contributed by atoms with Crippen LogP contribution in [-0.4, -0.2) is 52.1 Å². The SMILES string of the molecule is [C-]#[N+]c1ccc(-c2cc3n(c2)Cc2cc(N4CCC(CCN(C)C)C4=O)ccc2-n2ccnc2-3)cc1. The molecule has 0 radical (unpaired) electrons. The molecule has 2 aromatic heterocycles. The minimum absolute atomic E-state index is 0.0966. The number of benzene rings is 2. The van der Waals surface area contributed by atoms with Gasteiger partial charge in [-0.3, -0.25) is 9.36 Å². The summed E-state index contributed by atoms with van der Waals surface area (Å²) in [6, 6.07) is 16.2. The van der Waals surface area contributed by atoms with Gasteiger partial charge in [-0.2, -0.15) is 0 Å². The van der Waals surface area contributed by atoms with Gasteiger partial charge >= 0.3 is 0 Å². The number of rotatable bonds is 5. The molecule has 7 nitrogen and oxygen atoms in total. The molecule has 0 bridgehead atoms. The first-order valence-electron chi connectivity index (χ1n) is 12.3. The second kappa shape index (κ2) is 8.81. The molecule has 2 aromatic carbocycles. The Kier molecular flexibility index (Phi) is 5.46. The van der Waals surface area contributed by atoms with E-state index in [-0.39, 0.29) is 11.8 Å². The van der Waals surface area contributed by atoms with Crippen LogP contribution in [0.25, 0.3) is 33.2 Å². The lowest BCUT2D eigenvalue weighted by atomic mass is 10.0. The number of carbonyl (C=O) groups is 1. The van der Waals surface area contributed by atoms with Crippen molar-refractivity contribution in [1.29, 1.82) is 0 Å². The predicted molar refractivity (Wildman–Crippen MR) is 141 cm³/mol. The van der Waals surface area contributed by atoms with E-state index in [0.717, 1.165) is 65.5 Å². The number of amides is 1. The van der Waals surface area contributed by atoms with Crippen molar-refractivity contribution >= 4 is 17.3 Å². The van der Waals surface area contributed by atoms with Crippen LogP contribution in [0, 0.1) is 12.5 Å². The summed E-state index contributed by atoms with van der Waals surface area (Å²) in [5.41, 5.74) is 7.06. The number of anilines is 1. The van der Waals surface area contributed by atoms with Crippen LogP contribution in [0.5, 0.6) is 0 Å². The Balaban J connectivity index is 1.35. The van der Waals surface area contributed by atoms with Gasteiger partial charge in [0.2, 0.25) is 5.91 Å². The molecule has 1 fully saturated rings. The molecule has 4 aromatic rings. The Morgan fingerprint density at radius 2 is 1.94 bits per heavy atom. The number of hydrogen-bond acceptors (Lipinski definition) is 3. The number of carbonyl (C=O) groups excluding carboxylic acids is 1. The highest BCUT2D eigenvalue weighted by molar-refractivity contribution is 5.97. The molecule has 2 aliphatic heterocycles. The molecule has 4 heterocycles. The lowest BCUT2D eigenvalue weighted by Gasteiger charge is -2.20. The summed E-state index contributed by atoms with van der Waals surface area (Å²) in [5, 5.41) is 0. The third-order valence-electron chi connectivity index (χ3n) is 7.31. The van der Waals surface area contributed by atoms with Crippen molar-refractivity contribution in [2.75, 3.05) is 32.1 Å².